The van der Waals surface area contributed by atoms with Crippen LogP contribution in [0.3, 0.4) is 0 Å². The first kappa shape index (κ1) is 9.65. The van der Waals surface area contributed by atoms with Crippen LogP contribution in [0.15, 0.2) is 16.8 Å². The summed E-state index contributed by atoms with van der Waals surface area (Å²) in [7, 11) is 0. The quantitative estimate of drug-likeness (QED) is 0.802. The number of rotatable bonds is 2. The number of nitrogens with one attached hydrogen (secondary N) is 1. The molecule has 2 unspecified atom stereocenters. The second-order valence-corrected chi connectivity index (χ2v) is 4.37. The highest BCUT2D eigenvalue weighted by Gasteiger charge is 2.25. The highest BCUT2D eigenvalue weighted by molar-refractivity contribution is 7.08. The summed E-state index contributed by atoms with van der Waals surface area (Å²) in [5.41, 5.74) is 0.678. The molecule has 4 heteroatoms. The molecular formula is C10H12FNOS. The Morgan fingerprint density at radius 3 is 3.00 bits per heavy atom. The molecule has 1 fully saturated rings. The van der Waals surface area contributed by atoms with Gasteiger partial charge in [0.05, 0.1) is 0 Å². The smallest absolute Gasteiger partial charge is 0.252 e. The molecule has 2 atom stereocenters. The molecule has 0 radical (unpaired) electrons. The Balaban J connectivity index is 1.89. The van der Waals surface area contributed by atoms with E-state index in [4.69, 9.17) is 0 Å². The van der Waals surface area contributed by atoms with Gasteiger partial charge >= 0.3 is 0 Å². The van der Waals surface area contributed by atoms with Crippen LogP contribution in [0.1, 0.15) is 29.6 Å². The highest BCUT2D eigenvalue weighted by atomic mass is 32.1. The number of thiophene rings is 1. The van der Waals surface area contributed by atoms with Crippen LogP contribution in [0.4, 0.5) is 4.39 Å². The fourth-order valence-electron chi connectivity index (χ4n) is 1.72. The van der Waals surface area contributed by atoms with Gasteiger partial charge < -0.3 is 5.32 Å². The molecule has 1 aliphatic rings. The van der Waals surface area contributed by atoms with E-state index in [1.54, 1.807) is 11.4 Å². The SMILES string of the molecule is O=C(NC1CCC(F)C1)c1ccsc1. The second-order valence-electron chi connectivity index (χ2n) is 3.59. The second kappa shape index (κ2) is 4.09. The summed E-state index contributed by atoms with van der Waals surface area (Å²) in [6.07, 6.45) is 1.07. The Hall–Kier alpha value is -0.900. The van der Waals surface area contributed by atoms with E-state index in [9.17, 15) is 9.18 Å². The van der Waals surface area contributed by atoms with Gasteiger partial charge in [0.2, 0.25) is 0 Å². The third kappa shape index (κ3) is 2.12. The monoisotopic (exact) mass is 213 g/mol. The zero-order chi connectivity index (χ0) is 9.97. The molecular weight excluding hydrogens is 201 g/mol. The molecule has 1 aliphatic carbocycles. The molecule has 1 saturated carbocycles. The lowest BCUT2D eigenvalue weighted by atomic mass is 10.2. The molecule has 14 heavy (non-hydrogen) atoms. The Kier molecular flexibility index (Phi) is 2.82. The summed E-state index contributed by atoms with van der Waals surface area (Å²) in [4.78, 5) is 11.5. The fourth-order valence-corrected chi connectivity index (χ4v) is 2.36. The van der Waals surface area contributed by atoms with E-state index in [2.05, 4.69) is 5.32 Å². The van der Waals surface area contributed by atoms with Gasteiger partial charge in [-0.1, -0.05) is 0 Å². The number of carbonyl (C=O) groups excluding carboxylic acids is 1. The topological polar surface area (TPSA) is 29.1 Å². The molecule has 1 heterocycles. The summed E-state index contributed by atoms with van der Waals surface area (Å²) in [5.74, 6) is -0.0784. The number of amides is 1. The van der Waals surface area contributed by atoms with Crippen LogP contribution in [-0.2, 0) is 0 Å². The maximum atomic E-state index is 12.8. The molecule has 1 N–H and O–H groups in total. The summed E-state index contributed by atoms with van der Waals surface area (Å²) < 4.78 is 12.8. The van der Waals surface area contributed by atoms with Crippen molar-refractivity contribution in [1.29, 1.82) is 0 Å². The van der Waals surface area contributed by atoms with E-state index < -0.39 is 6.17 Å². The van der Waals surface area contributed by atoms with E-state index >= 15 is 0 Å². The normalized spacial score (nSPS) is 26.4. The summed E-state index contributed by atoms with van der Waals surface area (Å²) in [6.45, 7) is 0. The summed E-state index contributed by atoms with van der Waals surface area (Å²) in [6, 6.07) is 1.81. The van der Waals surface area contributed by atoms with E-state index in [0.717, 1.165) is 6.42 Å². The van der Waals surface area contributed by atoms with Gasteiger partial charge in [0.25, 0.3) is 5.91 Å². The van der Waals surface area contributed by atoms with Crippen molar-refractivity contribution in [3.8, 4) is 0 Å². The van der Waals surface area contributed by atoms with Gasteiger partial charge in [-0.15, -0.1) is 0 Å². The number of halogens is 1. The van der Waals surface area contributed by atoms with Crippen LogP contribution < -0.4 is 5.32 Å². The van der Waals surface area contributed by atoms with Gasteiger partial charge in [-0.25, -0.2) is 4.39 Å². The molecule has 2 rings (SSSR count). The molecule has 0 aliphatic heterocycles. The molecule has 1 aromatic rings. The summed E-state index contributed by atoms with van der Waals surface area (Å²) >= 11 is 1.49. The van der Waals surface area contributed by atoms with Crippen molar-refractivity contribution in [2.45, 2.75) is 31.5 Å². The summed E-state index contributed by atoms with van der Waals surface area (Å²) in [5, 5.41) is 6.50. The highest BCUT2D eigenvalue weighted by Crippen LogP contribution is 2.22. The maximum Gasteiger partial charge on any atom is 0.252 e. The molecule has 0 bridgehead atoms. The molecule has 0 spiro atoms. The Bertz CT molecular complexity index is 312. The average molecular weight is 213 g/mol. The number of hydrogen-bond donors (Lipinski definition) is 1. The fraction of sp³-hybridized carbons (Fsp3) is 0.500. The number of carbonyl (C=O) groups is 1. The van der Waals surface area contributed by atoms with Crippen molar-refractivity contribution in [2.75, 3.05) is 0 Å². The molecule has 2 nitrogen and oxygen atoms in total. The van der Waals surface area contributed by atoms with E-state index in [0.29, 0.717) is 18.4 Å². The van der Waals surface area contributed by atoms with Crippen LogP contribution in [0.25, 0.3) is 0 Å². The van der Waals surface area contributed by atoms with E-state index in [1.165, 1.54) is 11.3 Å². The number of alkyl halides is 1. The van der Waals surface area contributed by atoms with Crippen LogP contribution in [0.5, 0.6) is 0 Å². The first-order chi connectivity index (χ1) is 6.75. The van der Waals surface area contributed by atoms with Gasteiger partial charge in [0.1, 0.15) is 6.17 Å². The van der Waals surface area contributed by atoms with Gasteiger partial charge in [-0.05, 0) is 30.7 Å². The first-order valence-corrected chi connectivity index (χ1v) is 5.67. The van der Waals surface area contributed by atoms with Crippen LogP contribution in [0, 0.1) is 0 Å². The third-order valence-electron chi connectivity index (χ3n) is 2.49. The molecule has 0 saturated heterocycles. The van der Waals surface area contributed by atoms with Gasteiger partial charge in [0.15, 0.2) is 0 Å². The first-order valence-electron chi connectivity index (χ1n) is 4.73. The largest absolute Gasteiger partial charge is 0.349 e. The Morgan fingerprint density at radius 2 is 2.43 bits per heavy atom. The third-order valence-corrected chi connectivity index (χ3v) is 3.17. The lowest BCUT2D eigenvalue weighted by Crippen LogP contribution is -2.32. The predicted octanol–water partition coefficient (Wildman–Crippen LogP) is 2.37. The Morgan fingerprint density at radius 1 is 1.57 bits per heavy atom. The number of hydrogen-bond acceptors (Lipinski definition) is 2. The molecule has 1 amide bonds. The minimum atomic E-state index is -0.734. The molecule has 0 aromatic carbocycles. The van der Waals surface area contributed by atoms with Crippen LogP contribution >= 0.6 is 11.3 Å². The lowest BCUT2D eigenvalue weighted by molar-refractivity contribution is 0.0937. The minimum absolute atomic E-state index is 0.0254. The van der Waals surface area contributed by atoms with Crippen molar-refractivity contribution in [1.82, 2.24) is 5.32 Å². The van der Waals surface area contributed by atoms with Crippen molar-refractivity contribution < 1.29 is 9.18 Å². The maximum absolute atomic E-state index is 12.8. The van der Waals surface area contributed by atoms with Gasteiger partial charge in [0, 0.05) is 17.0 Å². The molecule has 76 valence electrons. The zero-order valence-corrected chi connectivity index (χ0v) is 8.52. The van der Waals surface area contributed by atoms with E-state index in [-0.39, 0.29) is 11.9 Å². The Labute approximate surface area is 86.1 Å². The van der Waals surface area contributed by atoms with Crippen molar-refractivity contribution >= 4 is 17.2 Å². The minimum Gasteiger partial charge on any atom is -0.349 e. The van der Waals surface area contributed by atoms with E-state index in [1.807, 2.05) is 5.38 Å². The van der Waals surface area contributed by atoms with Crippen LogP contribution in [0.2, 0.25) is 0 Å². The standard InChI is InChI=1S/C10H12FNOS/c11-8-1-2-9(5-8)12-10(13)7-3-4-14-6-7/h3-4,6,8-9H,1-2,5H2,(H,12,13). The molecule has 1 aromatic heterocycles. The van der Waals surface area contributed by atoms with Crippen molar-refractivity contribution in [3.05, 3.63) is 22.4 Å². The van der Waals surface area contributed by atoms with Gasteiger partial charge in [-0.3, -0.25) is 4.79 Å². The van der Waals surface area contributed by atoms with Crippen molar-refractivity contribution in [2.24, 2.45) is 0 Å². The lowest BCUT2D eigenvalue weighted by Gasteiger charge is -2.10. The van der Waals surface area contributed by atoms with Gasteiger partial charge in [-0.2, -0.15) is 11.3 Å². The van der Waals surface area contributed by atoms with Crippen LogP contribution in [-0.4, -0.2) is 18.1 Å². The predicted molar refractivity (Wildman–Crippen MR) is 54.3 cm³/mol. The zero-order valence-electron chi connectivity index (χ0n) is 7.70. The average Bonchev–Trinajstić information content (AvgIpc) is 2.75. The van der Waals surface area contributed by atoms with Crippen molar-refractivity contribution in [3.63, 3.8) is 0 Å².